The zero-order chi connectivity index (χ0) is 20.5. The summed E-state index contributed by atoms with van der Waals surface area (Å²) in [6, 6.07) is 12.6. The minimum Gasteiger partial charge on any atom is -0.332 e. The molecular weight excluding hydrogens is 496 g/mol. The number of aromatic nitrogens is 4. The van der Waals surface area contributed by atoms with Crippen molar-refractivity contribution in [3.63, 3.8) is 0 Å². The topological polar surface area (TPSA) is 84.2 Å². The summed E-state index contributed by atoms with van der Waals surface area (Å²) in [6.45, 7) is 1.85. The van der Waals surface area contributed by atoms with Crippen molar-refractivity contribution in [2.24, 2.45) is 0 Å². The first kappa shape index (κ1) is 19.9. The summed E-state index contributed by atoms with van der Waals surface area (Å²) in [4.78, 5) is 13.1. The fourth-order valence-corrected chi connectivity index (χ4v) is 4.20. The Labute approximate surface area is 188 Å². The average Bonchev–Trinajstić information content (AvgIpc) is 3.26. The minimum atomic E-state index is -0.388. The molecule has 0 saturated carbocycles. The molecule has 4 rings (SSSR count). The predicted octanol–water partition coefficient (Wildman–Crippen LogP) is 4.70. The van der Waals surface area contributed by atoms with Crippen molar-refractivity contribution in [1.82, 2.24) is 25.1 Å². The number of anilines is 1. The molecule has 0 atom stereocenters. The van der Waals surface area contributed by atoms with Crippen molar-refractivity contribution in [3.8, 4) is 10.6 Å². The van der Waals surface area contributed by atoms with E-state index in [1.807, 2.05) is 31.2 Å². The molecule has 11 heteroatoms. The number of carbonyl (C=O) groups excluding carboxylic acids is 1. The second-order valence-corrected chi connectivity index (χ2v) is 8.65. The smallest absolute Gasteiger partial charge is 0.258 e. The Bertz CT molecular complexity index is 1240. The molecule has 0 aliphatic heterocycles. The molecule has 0 bridgehead atoms. The number of carbonyl (C=O) groups is 1. The van der Waals surface area contributed by atoms with Gasteiger partial charge in [-0.05, 0) is 61.6 Å². The first-order chi connectivity index (χ1) is 13.9. The van der Waals surface area contributed by atoms with Crippen LogP contribution in [-0.4, -0.2) is 30.8 Å². The van der Waals surface area contributed by atoms with Crippen LogP contribution in [0, 0.1) is 6.92 Å². The number of nitrogens with one attached hydrogen (secondary N) is 2. The van der Waals surface area contributed by atoms with E-state index in [1.54, 1.807) is 22.7 Å². The van der Waals surface area contributed by atoms with Crippen LogP contribution in [0.3, 0.4) is 0 Å². The van der Waals surface area contributed by atoms with Gasteiger partial charge >= 0.3 is 0 Å². The number of rotatable bonds is 3. The number of nitrogens with zero attached hydrogens (tertiary/aromatic N) is 4. The second-order valence-electron chi connectivity index (χ2n) is 5.96. The lowest BCUT2D eigenvalue weighted by molar-refractivity contribution is 0.0978. The van der Waals surface area contributed by atoms with Gasteiger partial charge in [-0.3, -0.25) is 10.1 Å². The predicted molar refractivity (Wildman–Crippen MR) is 122 cm³/mol. The third kappa shape index (κ3) is 4.30. The molecule has 7 nitrogen and oxygen atoms in total. The van der Waals surface area contributed by atoms with E-state index < -0.39 is 0 Å². The van der Waals surface area contributed by atoms with Gasteiger partial charge in [0.05, 0.1) is 10.6 Å². The largest absolute Gasteiger partial charge is 0.332 e. The van der Waals surface area contributed by atoms with Crippen molar-refractivity contribution in [2.75, 3.05) is 5.32 Å². The summed E-state index contributed by atoms with van der Waals surface area (Å²) >= 11 is 16.1. The molecule has 0 radical (unpaired) electrons. The van der Waals surface area contributed by atoms with Crippen molar-refractivity contribution < 1.29 is 4.79 Å². The highest BCUT2D eigenvalue weighted by Crippen LogP contribution is 2.26. The average molecular weight is 508 g/mol. The van der Waals surface area contributed by atoms with E-state index >= 15 is 0 Å². The van der Waals surface area contributed by atoms with Crippen LogP contribution in [0.1, 0.15) is 16.2 Å². The lowest BCUT2D eigenvalue weighted by Gasteiger charge is -2.11. The highest BCUT2D eigenvalue weighted by Gasteiger charge is 2.13. The Morgan fingerprint density at radius 1 is 1.21 bits per heavy atom. The number of fused-ring (bicyclic) bond motifs is 1. The number of aryl methyl sites for hydroxylation is 1. The maximum Gasteiger partial charge on any atom is 0.258 e. The van der Waals surface area contributed by atoms with Crippen LogP contribution in [0.25, 0.3) is 15.5 Å². The van der Waals surface area contributed by atoms with Crippen molar-refractivity contribution >= 4 is 72.8 Å². The highest BCUT2D eigenvalue weighted by atomic mass is 79.9. The van der Waals surface area contributed by atoms with Gasteiger partial charge in [-0.1, -0.05) is 38.9 Å². The third-order valence-electron chi connectivity index (χ3n) is 3.94. The van der Waals surface area contributed by atoms with Crippen molar-refractivity contribution in [2.45, 2.75) is 6.92 Å². The summed E-state index contributed by atoms with van der Waals surface area (Å²) in [5, 5.41) is 19.5. The van der Waals surface area contributed by atoms with Crippen LogP contribution in [0.4, 0.5) is 5.69 Å². The van der Waals surface area contributed by atoms with Crippen molar-refractivity contribution in [1.29, 1.82) is 0 Å². The Hall–Kier alpha value is -2.40. The monoisotopic (exact) mass is 506 g/mol. The van der Waals surface area contributed by atoms with Gasteiger partial charge < -0.3 is 5.32 Å². The summed E-state index contributed by atoms with van der Waals surface area (Å²) < 4.78 is 2.46. The molecule has 2 aromatic heterocycles. The molecule has 0 aliphatic carbocycles. The minimum absolute atomic E-state index is 0.174. The normalized spacial score (nSPS) is 10.9. The van der Waals surface area contributed by atoms with E-state index in [2.05, 4.69) is 41.9 Å². The summed E-state index contributed by atoms with van der Waals surface area (Å²) in [5.74, 6) is 0.355. The van der Waals surface area contributed by atoms with Crippen LogP contribution in [0.5, 0.6) is 0 Å². The van der Waals surface area contributed by atoms with Crippen LogP contribution in [0.2, 0.25) is 5.02 Å². The number of thiocarbonyl (C=S) groups is 1. The summed E-state index contributed by atoms with van der Waals surface area (Å²) in [6.07, 6.45) is 0. The number of hydrogen-bond acceptors (Lipinski definition) is 6. The fourth-order valence-electron chi connectivity index (χ4n) is 2.53. The molecule has 1 amide bonds. The Kier molecular flexibility index (Phi) is 5.59. The maximum absolute atomic E-state index is 12.4. The molecule has 0 fully saturated rings. The van der Waals surface area contributed by atoms with E-state index in [0.29, 0.717) is 10.6 Å². The zero-order valence-electron chi connectivity index (χ0n) is 14.8. The molecule has 4 aromatic rings. The van der Waals surface area contributed by atoms with Gasteiger partial charge in [0, 0.05) is 15.7 Å². The van der Waals surface area contributed by atoms with Gasteiger partial charge in [0.25, 0.3) is 5.91 Å². The van der Waals surface area contributed by atoms with E-state index in [4.69, 9.17) is 23.8 Å². The number of hydrogen-bond donors (Lipinski definition) is 2. The lowest BCUT2D eigenvalue weighted by atomic mass is 10.2. The van der Waals surface area contributed by atoms with Crippen LogP contribution < -0.4 is 10.6 Å². The number of benzene rings is 2. The van der Waals surface area contributed by atoms with Gasteiger partial charge in [0.15, 0.2) is 10.9 Å². The van der Waals surface area contributed by atoms with Crippen molar-refractivity contribution in [3.05, 3.63) is 63.3 Å². The maximum atomic E-state index is 12.4. The molecule has 2 N–H and O–H groups in total. The quantitative estimate of drug-likeness (QED) is 0.391. The first-order valence-corrected chi connectivity index (χ1v) is 10.7. The molecule has 2 heterocycles. The standard InChI is InChI=1S/C18H12BrClN6OS2/c1-9-23-24-18-26(9)25-16(29-18)10-2-5-12(6-3-10)21-17(28)22-15(27)13-8-11(19)4-7-14(13)20/h2-8H,1H3,(H2,21,22,27,28). The molecule has 0 unspecified atom stereocenters. The summed E-state index contributed by atoms with van der Waals surface area (Å²) in [7, 11) is 0. The van der Waals surface area contributed by atoms with Gasteiger partial charge in [0.2, 0.25) is 4.96 Å². The van der Waals surface area contributed by atoms with Gasteiger partial charge in [-0.2, -0.15) is 9.61 Å². The van der Waals surface area contributed by atoms with Crippen LogP contribution in [-0.2, 0) is 0 Å². The number of amides is 1. The van der Waals surface area contributed by atoms with E-state index in [0.717, 1.165) is 31.5 Å². The summed E-state index contributed by atoms with van der Waals surface area (Å²) in [5.41, 5.74) is 2.01. The van der Waals surface area contributed by atoms with E-state index in [9.17, 15) is 4.79 Å². The van der Waals surface area contributed by atoms with E-state index in [-0.39, 0.29) is 11.0 Å². The number of halogens is 2. The molecular formula is C18H12BrClN6OS2. The molecule has 146 valence electrons. The molecule has 2 aromatic carbocycles. The van der Waals surface area contributed by atoms with Gasteiger partial charge in [-0.15, -0.1) is 10.2 Å². The molecule has 29 heavy (non-hydrogen) atoms. The van der Waals surface area contributed by atoms with Crippen LogP contribution >= 0.6 is 51.1 Å². The van der Waals surface area contributed by atoms with Gasteiger partial charge in [-0.25, -0.2) is 0 Å². The fraction of sp³-hybridized carbons (Fsp3) is 0.0556. The highest BCUT2D eigenvalue weighted by molar-refractivity contribution is 9.10. The second kappa shape index (κ2) is 8.15. The zero-order valence-corrected chi connectivity index (χ0v) is 18.8. The Morgan fingerprint density at radius 2 is 1.97 bits per heavy atom. The molecule has 0 saturated heterocycles. The lowest BCUT2D eigenvalue weighted by Crippen LogP contribution is -2.34. The first-order valence-electron chi connectivity index (χ1n) is 8.27. The van der Waals surface area contributed by atoms with Gasteiger partial charge in [0.1, 0.15) is 5.01 Å². The SMILES string of the molecule is Cc1nnc2sc(-c3ccc(NC(=S)NC(=O)c4cc(Br)ccc4Cl)cc3)nn12. The van der Waals surface area contributed by atoms with Crippen LogP contribution in [0.15, 0.2) is 46.9 Å². The Balaban J connectivity index is 1.43. The van der Waals surface area contributed by atoms with E-state index in [1.165, 1.54) is 11.3 Å². The Morgan fingerprint density at radius 3 is 2.69 bits per heavy atom. The molecule has 0 aliphatic rings. The molecule has 0 spiro atoms. The third-order valence-corrected chi connectivity index (χ3v) is 5.91.